The molecule has 0 fully saturated rings. The molecule has 0 aliphatic carbocycles. The van der Waals surface area contributed by atoms with Gasteiger partial charge < -0.3 is 10.2 Å². The summed E-state index contributed by atoms with van der Waals surface area (Å²) >= 11 is 0. The van der Waals surface area contributed by atoms with E-state index in [1.807, 2.05) is 0 Å². The van der Waals surface area contributed by atoms with Gasteiger partial charge in [-0.1, -0.05) is 0 Å². The SMILES string of the molecule is NNc1cc(OCC(F)F)ncn1. The molecule has 1 aromatic rings. The molecule has 0 saturated heterocycles. The molecule has 0 radical (unpaired) electrons. The number of hydrazine groups is 1. The lowest BCUT2D eigenvalue weighted by Crippen LogP contribution is -2.11. The van der Waals surface area contributed by atoms with Crippen molar-refractivity contribution in [2.45, 2.75) is 6.43 Å². The van der Waals surface area contributed by atoms with Gasteiger partial charge >= 0.3 is 0 Å². The molecular weight excluding hydrogens is 182 g/mol. The first-order valence-electron chi connectivity index (χ1n) is 3.42. The van der Waals surface area contributed by atoms with Gasteiger partial charge in [-0.25, -0.2) is 24.6 Å². The molecule has 0 spiro atoms. The molecule has 0 aromatic carbocycles. The number of hydrogen-bond donors (Lipinski definition) is 2. The number of halogens is 2. The highest BCUT2D eigenvalue weighted by Crippen LogP contribution is 2.10. The van der Waals surface area contributed by atoms with E-state index in [0.29, 0.717) is 5.82 Å². The summed E-state index contributed by atoms with van der Waals surface area (Å²) in [4.78, 5) is 7.27. The van der Waals surface area contributed by atoms with Crippen molar-refractivity contribution >= 4 is 5.82 Å². The maximum atomic E-state index is 11.7. The number of nitrogens with zero attached hydrogens (tertiary/aromatic N) is 2. The Morgan fingerprint density at radius 3 is 2.92 bits per heavy atom. The standard InChI is InChI=1S/C6H8F2N4O/c7-4(8)2-13-6-1-5(12-9)10-3-11-6/h1,3-4H,2,9H2,(H,10,11,12). The fourth-order valence-electron chi connectivity index (χ4n) is 0.646. The van der Waals surface area contributed by atoms with Crippen LogP contribution in [0.25, 0.3) is 0 Å². The number of alkyl halides is 2. The third-order valence-corrected chi connectivity index (χ3v) is 1.15. The van der Waals surface area contributed by atoms with E-state index < -0.39 is 13.0 Å². The summed E-state index contributed by atoms with van der Waals surface area (Å²) in [5.41, 5.74) is 2.24. The largest absolute Gasteiger partial charge is 0.471 e. The fraction of sp³-hybridized carbons (Fsp3) is 0.333. The first kappa shape index (κ1) is 9.59. The number of rotatable bonds is 4. The van der Waals surface area contributed by atoms with Crippen molar-refractivity contribution < 1.29 is 13.5 Å². The summed E-state index contributed by atoms with van der Waals surface area (Å²) in [6.07, 6.45) is -1.36. The van der Waals surface area contributed by atoms with E-state index in [2.05, 4.69) is 20.1 Å². The van der Waals surface area contributed by atoms with Crippen molar-refractivity contribution in [1.82, 2.24) is 9.97 Å². The zero-order valence-corrected chi connectivity index (χ0v) is 6.58. The highest BCUT2D eigenvalue weighted by molar-refractivity contribution is 5.35. The Morgan fingerprint density at radius 1 is 1.54 bits per heavy atom. The van der Waals surface area contributed by atoms with Crippen LogP contribution in [-0.2, 0) is 0 Å². The maximum absolute atomic E-state index is 11.7. The van der Waals surface area contributed by atoms with Gasteiger partial charge in [-0.05, 0) is 0 Å². The summed E-state index contributed by atoms with van der Waals surface area (Å²) in [6.45, 7) is -0.693. The number of nitrogens with two attached hydrogens (primary N) is 1. The fourth-order valence-corrected chi connectivity index (χ4v) is 0.646. The Morgan fingerprint density at radius 2 is 2.31 bits per heavy atom. The molecule has 0 aliphatic rings. The molecule has 0 unspecified atom stereocenters. The van der Waals surface area contributed by atoms with Crippen LogP contribution in [0.1, 0.15) is 0 Å². The van der Waals surface area contributed by atoms with Gasteiger partial charge in [0, 0.05) is 6.07 Å². The topological polar surface area (TPSA) is 73.1 Å². The van der Waals surface area contributed by atoms with Crippen molar-refractivity contribution in [3.05, 3.63) is 12.4 Å². The summed E-state index contributed by atoms with van der Waals surface area (Å²) in [6, 6.07) is 1.32. The second kappa shape index (κ2) is 4.51. The predicted molar refractivity (Wildman–Crippen MR) is 41.3 cm³/mol. The van der Waals surface area contributed by atoms with Crippen LogP contribution in [0.2, 0.25) is 0 Å². The van der Waals surface area contributed by atoms with Crippen LogP contribution in [0.15, 0.2) is 12.4 Å². The lowest BCUT2D eigenvalue weighted by Gasteiger charge is -2.04. The van der Waals surface area contributed by atoms with Crippen LogP contribution in [0.4, 0.5) is 14.6 Å². The Bertz CT molecular complexity index is 271. The minimum absolute atomic E-state index is 0.0586. The molecule has 0 saturated carbocycles. The average molecular weight is 190 g/mol. The Hall–Kier alpha value is -1.50. The van der Waals surface area contributed by atoms with E-state index in [1.54, 1.807) is 0 Å². The van der Waals surface area contributed by atoms with Gasteiger partial charge in [-0.2, -0.15) is 0 Å². The Balaban J connectivity index is 2.56. The monoisotopic (exact) mass is 190 g/mol. The third kappa shape index (κ3) is 3.16. The minimum Gasteiger partial charge on any atom is -0.471 e. The highest BCUT2D eigenvalue weighted by Gasteiger charge is 2.04. The van der Waals surface area contributed by atoms with Crippen LogP contribution < -0.4 is 16.0 Å². The molecule has 1 rings (SSSR count). The summed E-state index contributed by atoms with van der Waals surface area (Å²) in [5, 5.41) is 0. The molecule has 0 atom stereocenters. The molecule has 0 aliphatic heterocycles. The number of nitrogens with one attached hydrogen (secondary N) is 1. The molecule has 13 heavy (non-hydrogen) atoms. The number of anilines is 1. The van der Waals surface area contributed by atoms with Gasteiger partial charge in [-0.3, -0.25) is 0 Å². The van der Waals surface area contributed by atoms with Gasteiger partial charge in [0.05, 0.1) is 0 Å². The maximum Gasteiger partial charge on any atom is 0.272 e. The molecule has 0 bridgehead atoms. The second-order valence-electron chi connectivity index (χ2n) is 2.09. The minimum atomic E-state index is -2.52. The van der Waals surface area contributed by atoms with Crippen LogP contribution >= 0.6 is 0 Å². The summed E-state index contributed by atoms with van der Waals surface area (Å²) in [7, 11) is 0. The van der Waals surface area contributed by atoms with Gasteiger partial charge in [0.2, 0.25) is 5.88 Å². The summed E-state index contributed by atoms with van der Waals surface area (Å²) in [5.74, 6) is 5.39. The van der Waals surface area contributed by atoms with E-state index >= 15 is 0 Å². The lowest BCUT2D eigenvalue weighted by atomic mass is 10.6. The van der Waals surface area contributed by atoms with E-state index in [9.17, 15) is 8.78 Å². The molecular formula is C6H8F2N4O. The van der Waals surface area contributed by atoms with E-state index in [-0.39, 0.29) is 5.88 Å². The number of aromatic nitrogens is 2. The van der Waals surface area contributed by atoms with E-state index in [4.69, 9.17) is 5.84 Å². The average Bonchev–Trinajstić information content (AvgIpc) is 2.15. The lowest BCUT2D eigenvalue weighted by molar-refractivity contribution is 0.0795. The molecule has 3 N–H and O–H groups in total. The predicted octanol–water partition coefficient (Wildman–Crippen LogP) is 0.406. The van der Waals surface area contributed by atoms with Crippen LogP contribution in [0.3, 0.4) is 0 Å². The number of ether oxygens (including phenoxy) is 1. The van der Waals surface area contributed by atoms with Crippen molar-refractivity contribution in [3.63, 3.8) is 0 Å². The van der Waals surface area contributed by atoms with Crippen molar-refractivity contribution in [3.8, 4) is 5.88 Å². The Labute approximate surface area is 72.9 Å². The molecule has 72 valence electrons. The normalized spacial score (nSPS) is 10.2. The Kier molecular flexibility index (Phi) is 3.32. The first-order valence-corrected chi connectivity index (χ1v) is 3.42. The van der Waals surface area contributed by atoms with E-state index in [0.717, 1.165) is 6.33 Å². The molecule has 0 amide bonds. The van der Waals surface area contributed by atoms with Crippen LogP contribution in [-0.4, -0.2) is 23.0 Å². The van der Waals surface area contributed by atoms with Gasteiger partial charge in [0.15, 0.2) is 6.61 Å². The first-order chi connectivity index (χ1) is 6.22. The molecule has 7 heteroatoms. The zero-order valence-electron chi connectivity index (χ0n) is 6.58. The van der Waals surface area contributed by atoms with Crippen LogP contribution in [0.5, 0.6) is 5.88 Å². The zero-order chi connectivity index (χ0) is 9.68. The van der Waals surface area contributed by atoms with E-state index in [1.165, 1.54) is 6.07 Å². The number of hydrogen-bond acceptors (Lipinski definition) is 5. The van der Waals surface area contributed by atoms with Crippen molar-refractivity contribution in [2.24, 2.45) is 5.84 Å². The van der Waals surface area contributed by atoms with Crippen LogP contribution in [0, 0.1) is 0 Å². The second-order valence-corrected chi connectivity index (χ2v) is 2.09. The summed E-state index contributed by atoms with van der Waals surface area (Å²) < 4.78 is 28.0. The number of nitrogen functional groups attached to an aromatic ring is 1. The smallest absolute Gasteiger partial charge is 0.272 e. The quantitative estimate of drug-likeness (QED) is 0.531. The molecule has 1 aromatic heterocycles. The van der Waals surface area contributed by atoms with Gasteiger partial charge in [-0.15, -0.1) is 0 Å². The third-order valence-electron chi connectivity index (χ3n) is 1.15. The molecule has 1 heterocycles. The van der Waals surface area contributed by atoms with Gasteiger partial charge in [0.25, 0.3) is 6.43 Å². The highest BCUT2D eigenvalue weighted by atomic mass is 19.3. The van der Waals surface area contributed by atoms with Gasteiger partial charge in [0.1, 0.15) is 12.1 Å². The van der Waals surface area contributed by atoms with Crippen molar-refractivity contribution in [1.29, 1.82) is 0 Å². The van der Waals surface area contributed by atoms with Crippen molar-refractivity contribution in [2.75, 3.05) is 12.0 Å². The molecule has 5 nitrogen and oxygen atoms in total.